The Labute approximate surface area is 137 Å². The van der Waals surface area contributed by atoms with Crippen molar-refractivity contribution < 1.29 is 29.0 Å². The number of hydrogen-bond donors (Lipinski definition) is 1. The minimum Gasteiger partial charge on any atom is -0.464 e. The third-order valence-electron chi connectivity index (χ3n) is 3.14. The van der Waals surface area contributed by atoms with Gasteiger partial charge in [0.15, 0.2) is 12.1 Å². The van der Waals surface area contributed by atoms with Gasteiger partial charge in [-0.05, 0) is 0 Å². The molecule has 1 N–H and O–H groups in total. The Hall–Kier alpha value is -3.01. The molecule has 24 heavy (non-hydrogen) atoms. The molecule has 10 nitrogen and oxygen atoms in total. The third-order valence-corrected chi connectivity index (χ3v) is 3.14. The van der Waals surface area contributed by atoms with Gasteiger partial charge in [0, 0.05) is 14.1 Å². The van der Waals surface area contributed by atoms with Gasteiger partial charge in [-0.25, -0.2) is 19.6 Å². The van der Waals surface area contributed by atoms with E-state index in [9.17, 15) is 14.4 Å². The van der Waals surface area contributed by atoms with Crippen molar-refractivity contribution in [2.24, 2.45) is 14.1 Å². The Morgan fingerprint density at radius 2 is 1.58 bits per heavy atom. The highest BCUT2D eigenvalue weighted by atomic mass is 16.5. The van der Waals surface area contributed by atoms with E-state index in [1.165, 1.54) is 35.7 Å². The monoisotopic (exact) mass is 338 g/mol. The smallest absolute Gasteiger partial charge is 0.356 e. The number of carbonyl (C=O) groups excluding carboxylic acids is 3. The number of aliphatic hydroxyl groups is 1. The molecule has 2 rings (SSSR count). The van der Waals surface area contributed by atoms with Crippen LogP contribution < -0.4 is 0 Å². The molecule has 0 aliphatic carbocycles. The van der Waals surface area contributed by atoms with Crippen LogP contribution in [0.2, 0.25) is 0 Å². The van der Waals surface area contributed by atoms with Crippen molar-refractivity contribution in [1.82, 2.24) is 19.1 Å². The van der Waals surface area contributed by atoms with E-state index in [4.69, 9.17) is 5.11 Å². The van der Waals surface area contributed by atoms with E-state index in [2.05, 4.69) is 19.4 Å². The van der Waals surface area contributed by atoms with Gasteiger partial charge in [0.1, 0.15) is 23.8 Å². The molecule has 2 aromatic rings. The number of aliphatic hydroxyl groups excluding tert-OH is 1. The number of methoxy groups -OCH3 is 2. The molecule has 0 amide bonds. The lowest BCUT2D eigenvalue weighted by atomic mass is 10.5. The Bertz CT molecular complexity index is 734. The summed E-state index contributed by atoms with van der Waals surface area (Å²) in [6.07, 6.45) is 3.25. The molecule has 0 saturated heterocycles. The fourth-order valence-electron chi connectivity index (χ4n) is 1.72. The van der Waals surface area contributed by atoms with Crippen LogP contribution in [0.3, 0.4) is 0 Å². The summed E-state index contributed by atoms with van der Waals surface area (Å²) in [5.41, 5.74) is 0.598. The number of carbonyl (C=O) groups is 3. The largest absolute Gasteiger partial charge is 0.464 e. The molecule has 10 heteroatoms. The molecule has 130 valence electrons. The van der Waals surface area contributed by atoms with E-state index in [0.29, 0.717) is 17.8 Å². The number of nitrogens with zero attached hydrogens (tertiary/aromatic N) is 4. The van der Waals surface area contributed by atoms with Gasteiger partial charge in [-0.2, -0.15) is 0 Å². The Morgan fingerprint density at radius 3 is 1.96 bits per heavy atom. The summed E-state index contributed by atoms with van der Waals surface area (Å²) < 4.78 is 11.8. The van der Waals surface area contributed by atoms with Crippen LogP contribution in [-0.2, 0) is 30.2 Å². The minimum atomic E-state index is -0.502. The predicted molar refractivity (Wildman–Crippen MR) is 80.4 cm³/mol. The molecular formula is C14H18N4O6. The molecule has 0 aromatic carbocycles. The first-order valence-electron chi connectivity index (χ1n) is 6.66. The maximum absolute atomic E-state index is 11.0. The fraction of sp³-hybridized carbons (Fsp3) is 0.357. The van der Waals surface area contributed by atoms with E-state index in [-0.39, 0.29) is 18.1 Å². The fourth-order valence-corrected chi connectivity index (χ4v) is 1.72. The second kappa shape index (κ2) is 8.58. The zero-order valence-corrected chi connectivity index (χ0v) is 13.7. The first-order chi connectivity index (χ1) is 11.4. The van der Waals surface area contributed by atoms with E-state index < -0.39 is 11.9 Å². The summed E-state index contributed by atoms with van der Waals surface area (Å²) in [5, 5.41) is 8.75. The molecule has 0 saturated carbocycles. The number of aldehydes is 1. The predicted octanol–water partition coefficient (Wildman–Crippen LogP) is -0.282. The van der Waals surface area contributed by atoms with Gasteiger partial charge in [-0.1, -0.05) is 0 Å². The highest BCUT2D eigenvalue weighted by Gasteiger charge is 2.13. The Balaban J connectivity index is 0.000000240. The summed E-state index contributed by atoms with van der Waals surface area (Å²) >= 11 is 0. The highest BCUT2D eigenvalue weighted by Crippen LogP contribution is 2.04. The summed E-state index contributed by atoms with van der Waals surface area (Å²) in [6.45, 7) is -0.187. The van der Waals surface area contributed by atoms with Crippen LogP contribution in [0.4, 0.5) is 0 Å². The van der Waals surface area contributed by atoms with Crippen LogP contribution in [0.15, 0.2) is 12.4 Å². The van der Waals surface area contributed by atoms with Crippen LogP contribution in [0, 0.1) is 0 Å². The average Bonchev–Trinajstić information content (AvgIpc) is 3.16. The number of ether oxygens (including phenoxy) is 2. The van der Waals surface area contributed by atoms with Gasteiger partial charge < -0.3 is 23.7 Å². The zero-order chi connectivity index (χ0) is 18.3. The molecule has 0 aliphatic heterocycles. The van der Waals surface area contributed by atoms with E-state index in [0.717, 1.165) is 0 Å². The molecule has 0 aliphatic rings. The molecule has 0 atom stereocenters. The lowest BCUT2D eigenvalue weighted by Gasteiger charge is -2.01. The molecule has 0 spiro atoms. The van der Waals surface area contributed by atoms with Gasteiger partial charge in [-0.3, -0.25) is 4.79 Å². The van der Waals surface area contributed by atoms with Gasteiger partial charge in [0.2, 0.25) is 0 Å². The second-order valence-corrected chi connectivity index (χ2v) is 4.44. The molecule has 2 heterocycles. The molecule has 2 aromatic heterocycles. The average molecular weight is 338 g/mol. The third kappa shape index (κ3) is 4.04. The van der Waals surface area contributed by atoms with Gasteiger partial charge in [-0.15, -0.1) is 0 Å². The minimum absolute atomic E-state index is 0.187. The van der Waals surface area contributed by atoms with E-state index >= 15 is 0 Å². The first-order valence-corrected chi connectivity index (χ1v) is 6.66. The summed E-state index contributed by atoms with van der Waals surface area (Å²) in [4.78, 5) is 39.8. The number of imidazole rings is 2. The van der Waals surface area contributed by atoms with Crippen LogP contribution in [0.5, 0.6) is 0 Å². The molecule has 0 unspecified atom stereocenters. The summed E-state index contributed by atoms with van der Waals surface area (Å²) in [5.74, 6) is -0.311. The van der Waals surface area contributed by atoms with Crippen molar-refractivity contribution in [2.75, 3.05) is 14.2 Å². The molecular weight excluding hydrogens is 320 g/mol. The van der Waals surface area contributed by atoms with Gasteiger partial charge >= 0.3 is 11.9 Å². The van der Waals surface area contributed by atoms with Crippen molar-refractivity contribution >= 4 is 18.2 Å². The number of aromatic nitrogens is 4. The van der Waals surface area contributed by atoms with Gasteiger partial charge in [0.05, 0.1) is 26.6 Å². The van der Waals surface area contributed by atoms with Crippen molar-refractivity contribution in [3.8, 4) is 0 Å². The lowest BCUT2D eigenvalue weighted by molar-refractivity contribution is 0.0580. The second-order valence-electron chi connectivity index (χ2n) is 4.44. The quantitative estimate of drug-likeness (QED) is 0.596. The highest BCUT2D eigenvalue weighted by molar-refractivity contribution is 5.88. The topological polar surface area (TPSA) is 126 Å². The van der Waals surface area contributed by atoms with Crippen molar-refractivity contribution in [3.63, 3.8) is 0 Å². The SMILES string of the molecule is COC(=O)c1cnc(C=O)n1C.COC(=O)c1cnc(CO)n1C. The van der Waals surface area contributed by atoms with E-state index in [1.54, 1.807) is 14.1 Å². The van der Waals surface area contributed by atoms with Crippen LogP contribution in [0.1, 0.15) is 37.4 Å². The zero-order valence-electron chi connectivity index (χ0n) is 13.7. The number of hydrogen-bond acceptors (Lipinski definition) is 8. The summed E-state index contributed by atoms with van der Waals surface area (Å²) in [7, 11) is 5.79. The standard InChI is InChI=1S/C7H10N2O3.C7H8N2O3/c2*1-9-5(7(11)12-2)3-8-6(9)4-10/h3,10H,4H2,1-2H3;3-4H,1-2H3. The normalized spacial score (nSPS) is 9.71. The van der Waals surface area contributed by atoms with E-state index in [1.807, 2.05) is 0 Å². The molecule has 0 bridgehead atoms. The molecule has 0 radical (unpaired) electrons. The van der Waals surface area contributed by atoms with Crippen molar-refractivity contribution in [1.29, 1.82) is 0 Å². The lowest BCUT2D eigenvalue weighted by Crippen LogP contribution is -2.09. The number of esters is 2. The van der Waals surface area contributed by atoms with Gasteiger partial charge in [0.25, 0.3) is 0 Å². The Morgan fingerprint density at radius 1 is 1.08 bits per heavy atom. The number of rotatable bonds is 4. The van der Waals surface area contributed by atoms with Crippen LogP contribution >= 0.6 is 0 Å². The Kier molecular flexibility index (Phi) is 6.80. The summed E-state index contributed by atoms with van der Waals surface area (Å²) in [6, 6.07) is 0. The maximum Gasteiger partial charge on any atom is 0.356 e. The molecule has 0 fully saturated rings. The van der Waals surface area contributed by atoms with Crippen molar-refractivity contribution in [2.45, 2.75) is 6.61 Å². The van der Waals surface area contributed by atoms with Crippen LogP contribution in [0.25, 0.3) is 0 Å². The van der Waals surface area contributed by atoms with Crippen molar-refractivity contribution in [3.05, 3.63) is 35.4 Å². The van der Waals surface area contributed by atoms with Crippen LogP contribution in [-0.4, -0.2) is 56.7 Å². The first kappa shape index (κ1) is 19.0. The maximum atomic E-state index is 11.0.